The van der Waals surface area contributed by atoms with Gasteiger partial charge in [0.15, 0.2) is 5.65 Å². The number of aliphatic hydroxyl groups is 1. The minimum absolute atomic E-state index is 0.121. The van der Waals surface area contributed by atoms with Crippen molar-refractivity contribution >= 4 is 5.65 Å². The predicted molar refractivity (Wildman–Crippen MR) is 110 cm³/mol. The van der Waals surface area contributed by atoms with E-state index >= 15 is 0 Å². The van der Waals surface area contributed by atoms with Crippen LogP contribution in [0.5, 0.6) is 0 Å². The Balaban J connectivity index is 2.24. The van der Waals surface area contributed by atoms with Gasteiger partial charge in [0.05, 0.1) is 6.10 Å². The number of benzene rings is 1. The molecule has 0 amide bonds. The lowest BCUT2D eigenvalue weighted by atomic mass is 9.94. The molecule has 0 aliphatic heterocycles. The maximum absolute atomic E-state index is 13.1. The summed E-state index contributed by atoms with van der Waals surface area (Å²) >= 11 is 0. The molecule has 1 unspecified atom stereocenters. The van der Waals surface area contributed by atoms with Gasteiger partial charge in [-0.25, -0.2) is 9.50 Å². The Morgan fingerprint density at radius 1 is 1.11 bits per heavy atom. The molecule has 27 heavy (non-hydrogen) atoms. The van der Waals surface area contributed by atoms with Gasteiger partial charge in [0.1, 0.15) is 0 Å². The average molecular weight is 367 g/mol. The number of aromatic amines is 1. The van der Waals surface area contributed by atoms with E-state index in [0.29, 0.717) is 29.7 Å². The molecule has 0 spiro atoms. The number of H-pyrrole nitrogens is 1. The highest BCUT2D eigenvalue weighted by Gasteiger charge is 2.21. The second kappa shape index (κ2) is 7.31. The molecule has 0 bridgehead atoms. The summed E-state index contributed by atoms with van der Waals surface area (Å²) in [4.78, 5) is 17.9. The summed E-state index contributed by atoms with van der Waals surface area (Å²) in [6, 6.07) is 4.32. The number of aryl methyl sites for hydroxylation is 5. The molecular weight excluding hydrogens is 338 g/mol. The van der Waals surface area contributed by atoms with Gasteiger partial charge in [-0.1, -0.05) is 31.0 Å². The SMILES string of the molecule is CCCC(O)Cc1c(C)nc2c(-c3c(C)cc(C)cc3C)c(C)[nH]n2c1=O. The molecule has 0 radical (unpaired) electrons. The van der Waals surface area contributed by atoms with Gasteiger partial charge in [0.25, 0.3) is 5.56 Å². The Morgan fingerprint density at radius 3 is 2.33 bits per heavy atom. The molecule has 2 N–H and O–H groups in total. The fraction of sp³-hybridized carbons (Fsp3) is 0.455. The summed E-state index contributed by atoms with van der Waals surface area (Å²) in [7, 11) is 0. The fourth-order valence-corrected chi connectivity index (χ4v) is 4.10. The van der Waals surface area contributed by atoms with Crippen LogP contribution in [0.3, 0.4) is 0 Å². The van der Waals surface area contributed by atoms with Gasteiger partial charge >= 0.3 is 0 Å². The van der Waals surface area contributed by atoms with E-state index in [4.69, 9.17) is 4.98 Å². The van der Waals surface area contributed by atoms with Crippen LogP contribution in [-0.2, 0) is 6.42 Å². The van der Waals surface area contributed by atoms with Crippen molar-refractivity contribution in [3.63, 3.8) is 0 Å². The number of nitrogens with zero attached hydrogens (tertiary/aromatic N) is 2. The first-order valence-electron chi connectivity index (χ1n) is 9.61. The van der Waals surface area contributed by atoms with Gasteiger partial charge in [-0.05, 0) is 57.7 Å². The first kappa shape index (κ1) is 19.4. The maximum atomic E-state index is 13.1. The average Bonchev–Trinajstić information content (AvgIpc) is 2.88. The van der Waals surface area contributed by atoms with E-state index < -0.39 is 6.10 Å². The van der Waals surface area contributed by atoms with Crippen LogP contribution < -0.4 is 5.56 Å². The van der Waals surface area contributed by atoms with E-state index in [0.717, 1.165) is 23.2 Å². The van der Waals surface area contributed by atoms with Crippen LogP contribution in [-0.4, -0.2) is 25.8 Å². The third kappa shape index (κ3) is 3.44. The van der Waals surface area contributed by atoms with Gasteiger partial charge < -0.3 is 5.11 Å². The molecular formula is C22H29N3O2. The lowest BCUT2D eigenvalue weighted by molar-refractivity contribution is 0.163. The highest BCUT2D eigenvalue weighted by Crippen LogP contribution is 2.33. The van der Waals surface area contributed by atoms with Crippen LogP contribution in [0.2, 0.25) is 0 Å². The molecule has 0 saturated heterocycles. The highest BCUT2D eigenvalue weighted by atomic mass is 16.3. The van der Waals surface area contributed by atoms with E-state index in [-0.39, 0.29) is 5.56 Å². The Hall–Kier alpha value is -2.40. The second-order valence-corrected chi connectivity index (χ2v) is 7.67. The fourth-order valence-electron chi connectivity index (χ4n) is 4.10. The molecule has 5 nitrogen and oxygen atoms in total. The van der Waals surface area contributed by atoms with E-state index in [1.54, 1.807) is 0 Å². The Kier molecular flexibility index (Phi) is 5.24. The molecule has 3 rings (SSSR count). The summed E-state index contributed by atoms with van der Waals surface area (Å²) in [5, 5.41) is 13.4. The predicted octanol–water partition coefficient (Wildman–Crippen LogP) is 3.94. The zero-order valence-corrected chi connectivity index (χ0v) is 17.1. The van der Waals surface area contributed by atoms with Gasteiger partial charge in [0.2, 0.25) is 0 Å². The third-order valence-corrected chi connectivity index (χ3v) is 5.25. The van der Waals surface area contributed by atoms with Gasteiger partial charge in [-0.15, -0.1) is 0 Å². The second-order valence-electron chi connectivity index (χ2n) is 7.67. The highest BCUT2D eigenvalue weighted by molar-refractivity contribution is 5.84. The number of rotatable bonds is 5. The molecule has 3 aromatic rings. The van der Waals surface area contributed by atoms with E-state index in [1.165, 1.54) is 21.2 Å². The van der Waals surface area contributed by atoms with Crippen LogP contribution in [0, 0.1) is 34.6 Å². The zero-order chi connectivity index (χ0) is 19.9. The zero-order valence-electron chi connectivity index (χ0n) is 17.1. The van der Waals surface area contributed by atoms with Crippen molar-refractivity contribution in [2.45, 2.75) is 66.9 Å². The topological polar surface area (TPSA) is 70.4 Å². The van der Waals surface area contributed by atoms with Crippen molar-refractivity contribution in [3.8, 4) is 11.1 Å². The number of aliphatic hydroxyl groups excluding tert-OH is 1. The van der Waals surface area contributed by atoms with Crippen molar-refractivity contribution in [2.24, 2.45) is 0 Å². The van der Waals surface area contributed by atoms with Crippen LogP contribution in [0.1, 0.15) is 53.4 Å². The van der Waals surface area contributed by atoms with Crippen molar-refractivity contribution in [1.29, 1.82) is 0 Å². The first-order chi connectivity index (χ1) is 12.7. The van der Waals surface area contributed by atoms with Crippen LogP contribution in [0.25, 0.3) is 16.8 Å². The summed E-state index contributed by atoms with van der Waals surface area (Å²) in [5.74, 6) is 0. The largest absolute Gasteiger partial charge is 0.393 e. The standard InChI is InChI=1S/C22H29N3O2/c1-7-8-17(26)11-18-15(5)23-21-20(16(6)24-25(21)22(18)27)19-13(3)9-12(2)10-14(19)4/h9-10,17,24,26H,7-8,11H2,1-6H3. The van der Waals surface area contributed by atoms with Gasteiger partial charge in [-0.2, -0.15) is 0 Å². The molecule has 0 saturated carbocycles. The molecule has 0 aliphatic rings. The molecule has 5 heteroatoms. The lowest BCUT2D eigenvalue weighted by Gasteiger charge is -2.13. The van der Waals surface area contributed by atoms with Crippen LogP contribution in [0.15, 0.2) is 16.9 Å². The van der Waals surface area contributed by atoms with Gasteiger partial charge in [-0.3, -0.25) is 9.89 Å². The Bertz CT molecular complexity index is 1040. The van der Waals surface area contributed by atoms with Crippen molar-refractivity contribution in [1.82, 2.24) is 14.6 Å². The maximum Gasteiger partial charge on any atom is 0.276 e. The van der Waals surface area contributed by atoms with E-state index in [2.05, 4.69) is 38.0 Å². The number of fused-ring (bicyclic) bond motifs is 1. The smallest absolute Gasteiger partial charge is 0.276 e. The Morgan fingerprint density at radius 2 is 1.74 bits per heavy atom. The van der Waals surface area contributed by atoms with Crippen molar-refractivity contribution in [3.05, 3.63) is 56.1 Å². The summed E-state index contributed by atoms with van der Waals surface area (Å²) in [5.41, 5.74) is 8.39. The van der Waals surface area contributed by atoms with Crippen LogP contribution in [0.4, 0.5) is 0 Å². The number of aromatic nitrogens is 3. The summed E-state index contributed by atoms with van der Waals surface area (Å²) < 4.78 is 1.53. The third-order valence-electron chi connectivity index (χ3n) is 5.25. The molecule has 144 valence electrons. The molecule has 2 heterocycles. The minimum Gasteiger partial charge on any atom is -0.393 e. The quantitative estimate of drug-likeness (QED) is 0.718. The first-order valence-corrected chi connectivity index (χ1v) is 9.61. The molecule has 0 fully saturated rings. The van der Waals surface area contributed by atoms with Crippen molar-refractivity contribution < 1.29 is 5.11 Å². The number of hydrogen-bond donors (Lipinski definition) is 2. The molecule has 1 atom stereocenters. The minimum atomic E-state index is -0.515. The van der Waals surface area contributed by atoms with E-state index in [1.807, 2.05) is 20.8 Å². The lowest BCUT2D eigenvalue weighted by Crippen LogP contribution is -2.25. The summed E-state index contributed by atoms with van der Waals surface area (Å²) in [6.45, 7) is 12.1. The number of hydrogen-bond acceptors (Lipinski definition) is 3. The van der Waals surface area contributed by atoms with Gasteiger partial charge in [0, 0.05) is 28.9 Å². The molecule has 2 aromatic heterocycles. The monoisotopic (exact) mass is 367 g/mol. The summed E-state index contributed by atoms with van der Waals surface area (Å²) in [6.07, 6.45) is 1.39. The van der Waals surface area contributed by atoms with Crippen LogP contribution >= 0.6 is 0 Å². The molecule has 0 aliphatic carbocycles. The number of nitrogens with one attached hydrogen (secondary N) is 1. The van der Waals surface area contributed by atoms with Crippen molar-refractivity contribution in [2.75, 3.05) is 0 Å². The van der Waals surface area contributed by atoms with E-state index in [9.17, 15) is 9.90 Å². The normalized spacial score (nSPS) is 12.7. The molecule has 1 aromatic carbocycles. The Labute approximate surface area is 160 Å².